The molecule has 0 saturated carbocycles. The molecule has 0 amide bonds. The normalized spacial score (nSPS) is 19.2. The van der Waals surface area contributed by atoms with Gasteiger partial charge in [-0.05, 0) is 61.4 Å². The molecule has 2 fully saturated rings. The molecule has 0 aromatic heterocycles. The number of fused-ring (bicyclic) bond motifs is 1. The lowest BCUT2D eigenvalue weighted by molar-refractivity contribution is -0.150. The van der Waals surface area contributed by atoms with Crippen molar-refractivity contribution in [3.05, 3.63) is 95.1 Å². The zero-order chi connectivity index (χ0) is 37.6. The topological polar surface area (TPSA) is 190 Å². The Morgan fingerprint density at radius 3 is 1.35 bits per heavy atom. The lowest BCUT2D eigenvalue weighted by Crippen LogP contribution is -2.36. The van der Waals surface area contributed by atoms with E-state index in [-0.39, 0.29) is 61.9 Å². The van der Waals surface area contributed by atoms with Crippen molar-refractivity contribution in [3.8, 4) is 23.6 Å². The summed E-state index contributed by atoms with van der Waals surface area (Å²) in [5.74, 6) is -1.82. The van der Waals surface area contributed by atoms with Gasteiger partial charge in [-0.2, -0.15) is 10.5 Å². The quantitative estimate of drug-likeness (QED) is 0.0803. The largest absolute Gasteiger partial charge is 0.490 e. The zero-order valence-electron chi connectivity index (χ0n) is 28.5. The van der Waals surface area contributed by atoms with Gasteiger partial charge >= 0.3 is 23.9 Å². The Hall–Kier alpha value is -6.22. The van der Waals surface area contributed by atoms with Gasteiger partial charge in [-0.15, -0.1) is 0 Å². The average molecular weight is 713 g/mol. The number of ether oxygens (including phenoxy) is 8. The lowest BCUT2D eigenvalue weighted by atomic mass is 10.1. The Labute approximate surface area is 300 Å². The molecule has 2 aromatic rings. The smallest absolute Gasteiger partial charge is 0.349 e. The predicted molar refractivity (Wildman–Crippen MR) is 182 cm³/mol. The van der Waals surface area contributed by atoms with E-state index in [2.05, 4.69) is 13.2 Å². The molecule has 0 aliphatic carbocycles. The van der Waals surface area contributed by atoms with Crippen LogP contribution >= 0.6 is 0 Å². The highest BCUT2D eigenvalue weighted by molar-refractivity contribution is 5.98. The molecule has 2 aromatic carbocycles. The van der Waals surface area contributed by atoms with E-state index in [1.807, 2.05) is 12.1 Å². The number of benzene rings is 2. The monoisotopic (exact) mass is 712 g/mol. The van der Waals surface area contributed by atoms with Gasteiger partial charge in [-0.25, -0.2) is 19.2 Å². The molecule has 4 rings (SSSR count). The molecular formula is C38H36N2O12. The first-order chi connectivity index (χ1) is 25.0. The van der Waals surface area contributed by atoms with Crippen LogP contribution in [0.4, 0.5) is 0 Å². The van der Waals surface area contributed by atoms with Gasteiger partial charge in [0.1, 0.15) is 73.4 Å². The van der Waals surface area contributed by atoms with Crippen LogP contribution in [0.3, 0.4) is 0 Å². The first-order valence-corrected chi connectivity index (χ1v) is 16.0. The summed E-state index contributed by atoms with van der Waals surface area (Å²) in [6.45, 7) is 10.3. The van der Waals surface area contributed by atoms with Crippen LogP contribution in [-0.2, 0) is 47.6 Å². The fourth-order valence-electron chi connectivity index (χ4n) is 4.79. The highest BCUT2D eigenvalue weighted by atomic mass is 16.7. The van der Waals surface area contributed by atoms with Gasteiger partial charge in [0.15, 0.2) is 12.2 Å². The summed E-state index contributed by atoms with van der Waals surface area (Å²) < 4.78 is 43.6. The van der Waals surface area contributed by atoms with Crippen molar-refractivity contribution in [2.24, 2.45) is 0 Å². The third-order valence-electron chi connectivity index (χ3n) is 7.41. The summed E-state index contributed by atoms with van der Waals surface area (Å²) in [4.78, 5) is 48.7. The molecule has 270 valence electrons. The molecule has 0 spiro atoms. The van der Waals surface area contributed by atoms with Crippen molar-refractivity contribution in [1.82, 2.24) is 0 Å². The summed E-state index contributed by atoms with van der Waals surface area (Å²) in [6, 6.07) is 16.7. The molecule has 2 aliphatic rings. The molecule has 2 saturated heterocycles. The SMILES string of the molecule is C=C(C)C(=O)OCCOc1ccc(/C=C(\C#N)C(=O)O[C@H]2CO[C@H]3[C@@H]2OC[C@H]3OC(=O)/C(C#N)=C/c2ccc(OCCOC(=O)C(=C)C)cc2)cc1. The Bertz CT molecular complexity index is 1680. The molecule has 2 aliphatic heterocycles. The van der Waals surface area contributed by atoms with E-state index in [1.165, 1.54) is 12.2 Å². The molecule has 14 heteroatoms. The van der Waals surface area contributed by atoms with Crippen molar-refractivity contribution in [2.75, 3.05) is 39.6 Å². The summed E-state index contributed by atoms with van der Waals surface area (Å²) in [5.41, 5.74) is 1.10. The van der Waals surface area contributed by atoms with Crippen LogP contribution in [0.15, 0.2) is 84.0 Å². The number of esters is 4. The minimum Gasteiger partial charge on any atom is -0.490 e. The van der Waals surface area contributed by atoms with E-state index in [1.54, 1.807) is 62.4 Å². The summed E-state index contributed by atoms with van der Waals surface area (Å²) >= 11 is 0. The van der Waals surface area contributed by atoms with Crippen molar-refractivity contribution in [1.29, 1.82) is 10.5 Å². The fourth-order valence-corrected chi connectivity index (χ4v) is 4.79. The van der Waals surface area contributed by atoms with Crippen molar-refractivity contribution < 1.29 is 57.1 Å². The van der Waals surface area contributed by atoms with Crippen LogP contribution in [0, 0.1) is 22.7 Å². The third-order valence-corrected chi connectivity index (χ3v) is 7.41. The Balaban J connectivity index is 1.26. The second-order valence-corrected chi connectivity index (χ2v) is 11.5. The van der Waals surface area contributed by atoms with E-state index in [0.29, 0.717) is 22.6 Å². The molecule has 4 atom stereocenters. The molecular weight excluding hydrogens is 676 g/mol. The number of hydrogen-bond donors (Lipinski definition) is 0. The second-order valence-electron chi connectivity index (χ2n) is 11.5. The van der Waals surface area contributed by atoms with E-state index in [0.717, 1.165) is 0 Å². The average Bonchev–Trinajstić information content (AvgIpc) is 3.73. The Morgan fingerprint density at radius 2 is 1.02 bits per heavy atom. The minimum absolute atomic E-state index is 0.0444. The van der Waals surface area contributed by atoms with Crippen molar-refractivity contribution in [3.63, 3.8) is 0 Å². The van der Waals surface area contributed by atoms with E-state index >= 15 is 0 Å². The standard InChI is InChI=1S/C38H36N2O12/c1-23(2)35(41)47-15-13-45-29-9-5-25(6-10-29)17-27(19-39)37(43)51-31-21-49-34-32(22-50-33(31)34)52-38(44)28(20-40)18-26-7-11-30(12-8-26)46-14-16-48-36(42)24(3)4/h5-12,17-18,31-34H,1,3,13-16,21-22H2,2,4H3/b27-17+,28-18+/t31-,32+,33-,34-/m1/s1. The number of rotatable bonds is 16. The summed E-state index contributed by atoms with van der Waals surface area (Å²) in [6.07, 6.45) is -0.571. The maximum absolute atomic E-state index is 12.9. The maximum Gasteiger partial charge on any atom is 0.349 e. The first-order valence-electron chi connectivity index (χ1n) is 16.0. The maximum atomic E-state index is 12.9. The lowest BCUT2D eigenvalue weighted by Gasteiger charge is -2.17. The van der Waals surface area contributed by atoms with Gasteiger partial charge in [0, 0.05) is 11.1 Å². The van der Waals surface area contributed by atoms with Crippen LogP contribution in [-0.4, -0.2) is 87.9 Å². The number of nitrogens with zero attached hydrogens (tertiary/aromatic N) is 2. The molecule has 0 radical (unpaired) electrons. The van der Waals surface area contributed by atoms with Gasteiger partial charge in [-0.1, -0.05) is 37.4 Å². The van der Waals surface area contributed by atoms with Gasteiger partial charge in [0.05, 0.1) is 13.2 Å². The van der Waals surface area contributed by atoms with Crippen LogP contribution in [0.25, 0.3) is 12.2 Å². The molecule has 2 heterocycles. The van der Waals surface area contributed by atoms with Gasteiger partial charge in [0.25, 0.3) is 0 Å². The van der Waals surface area contributed by atoms with Crippen LogP contribution in [0.2, 0.25) is 0 Å². The minimum atomic E-state index is -0.891. The van der Waals surface area contributed by atoms with Gasteiger partial charge in [-0.3, -0.25) is 0 Å². The van der Waals surface area contributed by atoms with E-state index < -0.39 is 48.3 Å². The third kappa shape index (κ3) is 10.9. The van der Waals surface area contributed by atoms with Crippen LogP contribution in [0.1, 0.15) is 25.0 Å². The number of carbonyl (C=O) groups is 4. The summed E-state index contributed by atoms with van der Waals surface area (Å²) in [7, 11) is 0. The zero-order valence-corrected chi connectivity index (χ0v) is 28.5. The molecule has 14 nitrogen and oxygen atoms in total. The Morgan fingerprint density at radius 1 is 0.654 bits per heavy atom. The molecule has 0 bridgehead atoms. The van der Waals surface area contributed by atoms with Gasteiger partial charge in [0.2, 0.25) is 0 Å². The van der Waals surface area contributed by atoms with Crippen LogP contribution < -0.4 is 9.47 Å². The van der Waals surface area contributed by atoms with Crippen LogP contribution in [0.5, 0.6) is 11.5 Å². The summed E-state index contributed by atoms with van der Waals surface area (Å²) in [5, 5.41) is 19.3. The predicted octanol–water partition coefficient (Wildman–Crippen LogP) is 3.82. The van der Waals surface area contributed by atoms with E-state index in [9.17, 15) is 29.7 Å². The highest BCUT2D eigenvalue weighted by Gasteiger charge is 2.51. The Kier molecular flexibility index (Phi) is 13.9. The van der Waals surface area contributed by atoms with Crippen molar-refractivity contribution >= 4 is 36.0 Å². The molecule has 52 heavy (non-hydrogen) atoms. The molecule has 0 unspecified atom stereocenters. The fraction of sp³-hybridized carbons (Fsp3) is 0.316. The van der Waals surface area contributed by atoms with Gasteiger partial charge < -0.3 is 37.9 Å². The van der Waals surface area contributed by atoms with Crippen molar-refractivity contribution in [2.45, 2.75) is 38.3 Å². The molecule has 0 N–H and O–H groups in total. The number of hydrogen-bond acceptors (Lipinski definition) is 14. The highest BCUT2D eigenvalue weighted by Crippen LogP contribution is 2.31. The first kappa shape index (κ1) is 38.6. The second kappa shape index (κ2) is 18.7. The van der Waals surface area contributed by atoms with E-state index in [4.69, 9.17) is 37.9 Å². The number of nitriles is 2. The number of carbonyl (C=O) groups excluding carboxylic acids is 4.